The molecule has 0 aliphatic rings. The van der Waals surface area contributed by atoms with Crippen LogP contribution in [0.2, 0.25) is 0 Å². The minimum absolute atomic E-state index is 0.517. The number of aryl methyl sites for hydroxylation is 2. The van der Waals surface area contributed by atoms with Gasteiger partial charge < -0.3 is 10.1 Å². The molecule has 1 heterocycles. The summed E-state index contributed by atoms with van der Waals surface area (Å²) in [5.74, 6) is 1.08. The van der Waals surface area contributed by atoms with Gasteiger partial charge in [-0.1, -0.05) is 13.8 Å². The zero-order valence-electron chi connectivity index (χ0n) is 10.4. The standard InChI is InChI=1S/C11H19ClN4O/c1-3-9-10(4-2)15-16-11(14-9)13-6-8-17-7-5-12/h3-8H2,1-2H3,(H,13,14,16). The van der Waals surface area contributed by atoms with Gasteiger partial charge >= 0.3 is 0 Å². The molecule has 5 nitrogen and oxygen atoms in total. The molecule has 0 atom stereocenters. The lowest BCUT2D eigenvalue weighted by Crippen LogP contribution is -2.14. The van der Waals surface area contributed by atoms with Crippen LogP contribution in [-0.4, -0.2) is 40.8 Å². The summed E-state index contributed by atoms with van der Waals surface area (Å²) in [6.45, 7) is 5.94. The third-order valence-corrected chi connectivity index (χ3v) is 2.41. The summed E-state index contributed by atoms with van der Waals surface area (Å²) < 4.78 is 5.24. The largest absolute Gasteiger partial charge is 0.378 e. The first-order valence-electron chi connectivity index (χ1n) is 5.91. The van der Waals surface area contributed by atoms with Crippen LogP contribution in [0.1, 0.15) is 25.2 Å². The van der Waals surface area contributed by atoms with Gasteiger partial charge in [0.25, 0.3) is 0 Å². The number of alkyl halides is 1. The molecule has 0 spiro atoms. The molecule has 0 fully saturated rings. The van der Waals surface area contributed by atoms with Crippen LogP contribution in [0.3, 0.4) is 0 Å². The van der Waals surface area contributed by atoms with E-state index in [1.54, 1.807) is 0 Å². The van der Waals surface area contributed by atoms with Gasteiger partial charge in [0.05, 0.1) is 24.6 Å². The van der Waals surface area contributed by atoms with Crippen LogP contribution in [0.25, 0.3) is 0 Å². The number of hydrogen-bond acceptors (Lipinski definition) is 5. The number of ether oxygens (including phenoxy) is 1. The van der Waals surface area contributed by atoms with Crippen LogP contribution in [0.4, 0.5) is 5.95 Å². The number of nitrogens with zero attached hydrogens (tertiary/aromatic N) is 3. The van der Waals surface area contributed by atoms with Crippen molar-refractivity contribution in [3.05, 3.63) is 11.4 Å². The Hall–Kier alpha value is -0.940. The average Bonchev–Trinajstić information content (AvgIpc) is 2.38. The number of nitrogens with one attached hydrogen (secondary N) is 1. The monoisotopic (exact) mass is 258 g/mol. The van der Waals surface area contributed by atoms with E-state index < -0.39 is 0 Å². The molecule has 0 amide bonds. The van der Waals surface area contributed by atoms with E-state index in [2.05, 4.69) is 34.3 Å². The van der Waals surface area contributed by atoms with Crippen LogP contribution in [0.15, 0.2) is 0 Å². The Bertz CT molecular complexity index is 335. The van der Waals surface area contributed by atoms with Crippen LogP contribution < -0.4 is 5.32 Å². The molecule has 1 aromatic heterocycles. The quantitative estimate of drug-likeness (QED) is 0.568. The van der Waals surface area contributed by atoms with E-state index in [1.807, 2.05) is 0 Å². The molecule has 0 aliphatic heterocycles. The lowest BCUT2D eigenvalue weighted by molar-refractivity contribution is 0.159. The van der Waals surface area contributed by atoms with E-state index in [-0.39, 0.29) is 0 Å². The third kappa shape index (κ3) is 4.83. The molecule has 0 aromatic carbocycles. The molecule has 0 saturated heterocycles. The van der Waals surface area contributed by atoms with Gasteiger partial charge in [-0.15, -0.1) is 16.7 Å². The fourth-order valence-corrected chi connectivity index (χ4v) is 1.51. The Morgan fingerprint density at radius 2 is 1.88 bits per heavy atom. The van der Waals surface area contributed by atoms with Gasteiger partial charge in [0, 0.05) is 12.4 Å². The Morgan fingerprint density at radius 1 is 1.12 bits per heavy atom. The van der Waals surface area contributed by atoms with Gasteiger partial charge in [-0.2, -0.15) is 5.10 Å². The number of halogens is 1. The smallest absolute Gasteiger partial charge is 0.243 e. The summed E-state index contributed by atoms with van der Waals surface area (Å²) in [6.07, 6.45) is 1.73. The minimum atomic E-state index is 0.517. The maximum atomic E-state index is 5.49. The Balaban J connectivity index is 2.43. The molecule has 0 saturated carbocycles. The maximum Gasteiger partial charge on any atom is 0.243 e. The molecule has 1 rings (SSSR count). The molecule has 1 N–H and O–H groups in total. The van der Waals surface area contributed by atoms with Crippen molar-refractivity contribution in [2.24, 2.45) is 0 Å². The molecule has 96 valence electrons. The molecular weight excluding hydrogens is 240 g/mol. The fourth-order valence-electron chi connectivity index (χ4n) is 1.40. The van der Waals surface area contributed by atoms with Crippen molar-refractivity contribution in [3.63, 3.8) is 0 Å². The fraction of sp³-hybridized carbons (Fsp3) is 0.727. The summed E-state index contributed by atoms with van der Waals surface area (Å²) in [5, 5.41) is 11.2. The lowest BCUT2D eigenvalue weighted by atomic mass is 10.2. The number of anilines is 1. The lowest BCUT2D eigenvalue weighted by Gasteiger charge is -2.07. The molecule has 6 heteroatoms. The van der Waals surface area contributed by atoms with Crippen molar-refractivity contribution in [3.8, 4) is 0 Å². The summed E-state index contributed by atoms with van der Waals surface area (Å²) in [4.78, 5) is 4.41. The van der Waals surface area contributed by atoms with Gasteiger partial charge in [0.2, 0.25) is 5.95 Å². The van der Waals surface area contributed by atoms with Gasteiger partial charge in [0.1, 0.15) is 0 Å². The van der Waals surface area contributed by atoms with Crippen molar-refractivity contribution >= 4 is 17.5 Å². The highest BCUT2D eigenvalue weighted by atomic mass is 35.5. The van der Waals surface area contributed by atoms with Crippen molar-refractivity contribution in [2.45, 2.75) is 26.7 Å². The summed E-state index contributed by atoms with van der Waals surface area (Å²) in [5.41, 5.74) is 1.98. The minimum Gasteiger partial charge on any atom is -0.378 e. The maximum absolute atomic E-state index is 5.49. The highest BCUT2D eigenvalue weighted by Crippen LogP contribution is 2.06. The van der Waals surface area contributed by atoms with Crippen LogP contribution in [0, 0.1) is 0 Å². The second-order valence-corrected chi connectivity index (χ2v) is 3.84. The second-order valence-electron chi connectivity index (χ2n) is 3.46. The molecule has 0 radical (unpaired) electrons. The first kappa shape index (κ1) is 14.1. The van der Waals surface area contributed by atoms with Crippen molar-refractivity contribution < 1.29 is 4.74 Å². The highest BCUT2D eigenvalue weighted by Gasteiger charge is 2.05. The van der Waals surface area contributed by atoms with E-state index in [9.17, 15) is 0 Å². The molecular formula is C11H19ClN4O. The highest BCUT2D eigenvalue weighted by molar-refractivity contribution is 6.17. The van der Waals surface area contributed by atoms with E-state index in [4.69, 9.17) is 16.3 Å². The summed E-state index contributed by atoms with van der Waals surface area (Å²) in [6, 6.07) is 0. The Kier molecular flexibility index (Phi) is 6.81. The van der Waals surface area contributed by atoms with Crippen LogP contribution in [0.5, 0.6) is 0 Å². The number of aromatic nitrogens is 3. The predicted molar refractivity (Wildman–Crippen MR) is 68.6 cm³/mol. The van der Waals surface area contributed by atoms with Crippen LogP contribution >= 0.6 is 11.6 Å². The summed E-state index contributed by atoms with van der Waals surface area (Å²) >= 11 is 5.49. The van der Waals surface area contributed by atoms with E-state index in [1.165, 1.54) is 0 Å². The number of rotatable bonds is 8. The van der Waals surface area contributed by atoms with Gasteiger partial charge in [0.15, 0.2) is 0 Å². The zero-order valence-corrected chi connectivity index (χ0v) is 11.1. The Morgan fingerprint density at radius 3 is 2.53 bits per heavy atom. The van der Waals surface area contributed by atoms with Crippen molar-refractivity contribution in [2.75, 3.05) is 31.0 Å². The molecule has 17 heavy (non-hydrogen) atoms. The van der Waals surface area contributed by atoms with Gasteiger partial charge in [-0.3, -0.25) is 0 Å². The number of hydrogen-bond donors (Lipinski definition) is 1. The van der Waals surface area contributed by atoms with Crippen molar-refractivity contribution in [1.29, 1.82) is 0 Å². The zero-order chi connectivity index (χ0) is 12.5. The summed E-state index contributed by atoms with van der Waals surface area (Å²) in [7, 11) is 0. The first-order valence-corrected chi connectivity index (χ1v) is 6.45. The molecule has 0 unspecified atom stereocenters. The first-order chi connectivity index (χ1) is 8.31. The van der Waals surface area contributed by atoms with E-state index >= 15 is 0 Å². The van der Waals surface area contributed by atoms with E-state index in [0.29, 0.717) is 31.6 Å². The van der Waals surface area contributed by atoms with E-state index in [0.717, 1.165) is 24.2 Å². The normalized spacial score (nSPS) is 10.5. The predicted octanol–water partition coefficient (Wildman–Crippen LogP) is 1.66. The Labute approximate surface area is 107 Å². The SMILES string of the molecule is CCc1nnc(NCCOCCCl)nc1CC. The van der Waals surface area contributed by atoms with Crippen molar-refractivity contribution in [1.82, 2.24) is 15.2 Å². The average molecular weight is 259 g/mol. The van der Waals surface area contributed by atoms with Gasteiger partial charge in [-0.25, -0.2) is 4.98 Å². The molecule has 0 bridgehead atoms. The van der Waals surface area contributed by atoms with Gasteiger partial charge in [-0.05, 0) is 12.8 Å². The topological polar surface area (TPSA) is 59.9 Å². The third-order valence-electron chi connectivity index (χ3n) is 2.26. The van der Waals surface area contributed by atoms with Crippen LogP contribution in [-0.2, 0) is 17.6 Å². The molecule has 1 aromatic rings. The molecule has 0 aliphatic carbocycles. The second kappa shape index (κ2) is 8.20.